The second-order valence-electron chi connectivity index (χ2n) is 6.01. The molecule has 0 saturated carbocycles. The van der Waals surface area contributed by atoms with Crippen molar-refractivity contribution < 1.29 is 13.2 Å². The highest BCUT2D eigenvalue weighted by Crippen LogP contribution is 2.35. The lowest BCUT2D eigenvalue weighted by Gasteiger charge is -2.11. The first-order valence-electron chi connectivity index (χ1n) is 7.77. The lowest BCUT2D eigenvalue weighted by molar-refractivity contribution is -0.137. The molecule has 2 N–H and O–H groups in total. The molecule has 0 aliphatic carbocycles. The van der Waals surface area contributed by atoms with Crippen LogP contribution in [0.4, 0.5) is 13.2 Å². The van der Waals surface area contributed by atoms with E-state index in [0.717, 1.165) is 29.0 Å². The van der Waals surface area contributed by atoms with Gasteiger partial charge in [-0.15, -0.1) is 0 Å². The van der Waals surface area contributed by atoms with Crippen molar-refractivity contribution >= 4 is 17.2 Å². The van der Waals surface area contributed by atoms with Gasteiger partial charge in [-0.05, 0) is 43.7 Å². The van der Waals surface area contributed by atoms with Gasteiger partial charge in [-0.3, -0.25) is 4.40 Å². The molecule has 0 bridgehead atoms. The number of hydrogen-bond acceptors (Lipinski definition) is 2. The standard InChI is InChI=1S/C18H17ClF3N3/c1-10-3-4-12(7-11(10)2)16-15(5-6-23)24-17-14(19)8-13(9-25(16)17)18(20,21)22/h3-4,7-9H,5-6,23H2,1-2H3. The average Bonchev–Trinajstić information content (AvgIpc) is 2.88. The van der Waals surface area contributed by atoms with E-state index in [1.807, 2.05) is 32.0 Å². The van der Waals surface area contributed by atoms with Crippen LogP contribution in [0.25, 0.3) is 16.9 Å². The van der Waals surface area contributed by atoms with E-state index in [1.54, 1.807) is 0 Å². The van der Waals surface area contributed by atoms with Gasteiger partial charge in [0.2, 0.25) is 0 Å². The Kier molecular flexibility index (Phi) is 4.51. The molecule has 132 valence electrons. The Bertz CT molecular complexity index is 945. The number of rotatable bonds is 3. The van der Waals surface area contributed by atoms with Gasteiger partial charge < -0.3 is 5.73 Å². The second kappa shape index (κ2) is 6.35. The lowest BCUT2D eigenvalue weighted by atomic mass is 10.0. The fourth-order valence-electron chi connectivity index (χ4n) is 2.81. The van der Waals surface area contributed by atoms with Crippen LogP contribution < -0.4 is 5.73 Å². The van der Waals surface area contributed by atoms with Gasteiger partial charge in [0.25, 0.3) is 0 Å². The van der Waals surface area contributed by atoms with Crippen LogP contribution in [0, 0.1) is 13.8 Å². The number of halogens is 4. The monoisotopic (exact) mass is 367 g/mol. The number of aryl methyl sites for hydroxylation is 2. The molecule has 3 rings (SSSR count). The van der Waals surface area contributed by atoms with Gasteiger partial charge in [0.1, 0.15) is 0 Å². The normalized spacial score (nSPS) is 12.1. The Balaban J connectivity index is 2.35. The van der Waals surface area contributed by atoms with E-state index >= 15 is 0 Å². The number of nitrogens with zero attached hydrogens (tertiary/aromatic N) is 2. The number of fused-ring (bicyclic) bond motifs is 1. The van der Waals surface area contributed by atoms with Crippen molar-refractivity contribution in [1.29, 1.82) is 0 Å². The Morgan fingerprint density at radius 1 is 1.16 bits per heavy atom. The van der Waals surface area contributed by atoms with Crippen molar-refractivity contribution in [3.05, 3.63) is 57.9 Å². The third-order valence-electron chi connectivity index (χ3n) is 4.24. The Hall–Kier alpha value is -2.05. The lowest BCUT2D eigenvalue weighted by Crippen LogP contribution is -2.07. The van der Waals surface area contributed by atoms with Crippen molar-refractivity contribution in [1.82, 2.24) is 9.38 Å². The van der Waals surface area contributed by atoms with Gasteiger partial charge in [-0.25, -0.2) is 4.98 Å². The second-order valence-corrected chi connectivity index (χ2v) is 6.42. The van der Waals surface area contributed by atoms with Crippen molar-refractivity contribution in [3.8, 4) is 11.3 Å². The number of aromatic nitrogens is 2. The van der Waals surface area contributed by atoms with Crippen molar-refractivity contribution in [2.75, 3.05) is 6.54 Å². The van der Waals surface area contributed by atoms with Crippen LogP contribution in [-0.2, 0) is 12.6 Å². The molecular formula is C18H17ClF3N3. The predicted octanol–water partition coefficient (Wildman–Crippen LogP) is 4.79. The molecule has 25 heavy (non-hydrogen) atoms. The van der Waals surface area contributed by atoms with Crippen LogP contribution in [0.5, 0.6) is 0 Å². The van der Waals surface area contributed by atoms with E-state index < -0.39 is 11.7 Å². The molecule has 3 nitrogen and oxygen atoms in total. The summed E-state index contributed by atoms with van der Waals surface area (Å²) in [6.07, 6.45) is -3.00. The minimum Gasteiger partial charge on any atom is -0.330 e. The highest BCUT2D eigenvalue weighted by atomic mass is 35.5. The first-order valence-corrected chi connectivity index (χ1v) is 8.15. The van der Waals surface area contributed by atoms with Crippen LogP contribution in [0.15, 0.2) is 30.5 Å². The maximum absolute atomic E-state index is 13.2. The minimum atomic E-state index is -4.49. The van der Waals surface area contributed by atoms with Crippen molar-refractivity contribution in [2.45, 2.75) is 26.4 Å². The van der Waals surface area contributed by atoms with Crippen LogP contribution >= 0.6 is 11.6 Å². The summed E-state index contributed by atoms with van der Waals surface area (Å²) in [6.45, 7) is 4.28. The van der Waals surface area contributed by atoms with E-state index in [1.165, 1.54) is 4.40 Å². The molecule has 2 heterocycles. The molecule has 0 radical (unpaired) electrons. The molecular weight excluding hydrogens is 351 g/mol. The number of benzene rings is 1. The zero-order valence-corrected chi connectivity index (χ0v) is 14.5. The first kappa shape index (κ1) is 17.8. The predicted molar refractivity (Wildman–Crippen MR) is 92.9 cm³/mol. The van der Waals surface area contributed by atoms with Gasteiger partial charge in [0.05, 0.1) is 22.0 Å². The zero-order valence-electron chi connectivity index (χ0n) is 13.8. The number of imidazole rings is 1. The molecule has 0 aliphatic heterocycles. The fourth-order valence-corrected chi connectivity index (χ4v) is 3.06. The van der Waals surface area contributed by atoms with Gasteiger partial charge in [-0.1, -0.05) is 23.7 Å². The van der Waals surface area contributed by atoms with Crippen LogP contribution in [0.2, 0.25) is 5.02 Å². The number of hydrogen-bond donors (Lipinski definition) is 1. The van der Waals surface area contributed by atoms with E-state index in [4.69, 9.17) is 17.3 Å². The topological polar surface area (TPSA) is 43.3 Å². The summed E-state index contributed by atoms with van der Waals surface area (Å²) in [5.41, 5.74) is 9.30. The Morgan fingerprint density at radius 3 is 2.48 bits per heavy atom. The van der Waals surface area contributed by atoms with E-state index in [0.29, 0.717) is 30.0 Å². The van der Waals surface area contributed by atoms with Crippen LogP contribution in [0.1, 0.15) is 22.4 Å². The molecule has 0 fully saturated rings. The maximum atomic E-state index is 13.2. The smallest absolute Gasteiger partial charge is 0.330 e. The van der Waals surface area contributed by atoms with Gasteiger partial charge in [-0.2, -0.15) is 13.2 Å². The van der Waals surface area contributed by atoms with Gasteiger partial charge in [0.15, 0.2) is 5.65 Å². The minimum absolute atomic E-state index is 0.0387. The summed E-state index contributed by atoms with van der Waals surface area (Å²) in [5, 5.41) is -0.0387. The molecule has 2 aromatic heterocycles. The van der Waals surface area contributed by atoms with Crippen LogP contribution in [-0.4, -0.2) is 15.9 Å². The SMILES string of the molecule is Cc1ccc(-c2c(CCN)nc3c(Cl)cc(C(F)(F)F)cn23)cc1C. The summed E-state index contributed by atoms with van der Waals surface area (Å²) in [6, 6.07) is 6.65. The molecule has 0 aliphatic rings. The molecule has 1 aromatic carbocycles. The summed E-state index contributed by atoms with van der Waals surface area (Å²) in [7, 11) is 0. The molecule has 0 atom stereocenters. The van der Waals surface area contributed by atoms with E-state index in [2.05, 4.69) is 4.98 Å². The molecule has 0 amide bonds. The Labute approximate surface area is 148 Å². The summed E-state index contributed by atoms with van der Waals surface area (Å²) >= 11 is 6.08. The molecule has 3 aromatic rings. The summed E-state index contributed by atoms with van der Waals surface area (Å²) in [4.78, 5) is 4.44. The zero-order chi connectivity index (χ0) is 18.4. The molecule has 0 unspecified atom stereocenters. The molecule has 0 saturated heterocycles. The number of nitrogens with two attached hydrogens (primary N) is 1. The fraction of sp³-hybridized carbons (Fsp3) is 0.278. The maximum Gasteiger partial charge on any atom is 0.417 e. The summed E-state index contributed by atoms with van der Waals surface area (Å²) in [5.74, 6) is 0. The molecule has 0 spiro atoms. The van der Waals surface area contributed by atoms with E-state index in [9.17, 15) is 13.2 Å². The third-order valence-corrected chi connectivity index (χ3v) is 4.51. The highest BCUT2D eigenvalue weighted by molar-refractivity contribution is 6.33. The van der Waals surface area contributed by atoms with Crippen molar-refractivity contribution in [2.24, 2.45) is 5.73 Å². The largest absolute Gasteiger partial charge is 0.417 e. The average molecular weight is 368 g/mol. The van der Waals surface area contributed by atoms with E-state index in [-0.39, 0.29) is 5.02 Å². The Morgan fingerprint density at radius 2 is 1.88 bits per heavy atom. The van der Waals surface area contributed by atoms with Gasteiger partial charge >= 0.3 is 6.18 Å². The first-order chi connectivity index (χ1) is 11.7. The quantitative estimate of drug-likeness (QED) is 0.723. The third kappa shape index (κ3) is 3.24. The van der Waals surface area contributed by atoms with Gasteiger partial charge in [0, 0.05) is 18.2 Å². The van der Waals surface area contributed by atoms with Crippen LogP contribution in [0.3, 0.4) is 0 Å². The molecule has 7 heteroatoms. The number of alkyl halides is 3. The highest BCUT2D eigenvalue weighted by Gasteiger charge is 2.32. The summed E-state index contributed by atoms with van der Waals surface area (Å²) < 4.78 is 41.0. The number of pyridine rings is 1. The van der Waals surface area contributed by atoms with Crippen molar-refractivity contribution in [3.63, 3.8) is 0 Å².